The fourth-order valence-electron chi connectivity index (χ4n) is 3.25. The first kappa shape index (κ1) is 21.7. The van der Waals surface area contributed by atoms with Crippen LogP contribution in [0, 0.1) is 12.8 Å². The van der Waals surface area contributed by atoms with Crippen molar-refractivity contribution in [2.24, 2.45) is 10.9 Å². The van der Waals surface area contributed by atoms with Gasteiger partial charge in [0.2, 0.25) is 0 Å². The number of ether oxygens (including phenoxy) is 1. The molecule has 2 N–H and O–H groups in total. The summed E-state index contributed by atoms with van der Waals surface area (Å²) >= 11 is 0. The lowest BCUT2D eigenvalue weighted by Gasteiger charge is -2.31. The van der Waals surface area contributed by atoms with Crippen LogP contribution in [0.15, 0.2) is 29.3 Å². The number of hydrogen-bond acceptors (Lipinski definition) is 4. The van der Waals surface area contributed by atoms with Crippen LogP contribution < -0.4 is 10.6 Å². The number of aryl methyl sites for hydroxylation is 1. The third-order valence-electron chi connectivity index (χ3n) is 4.66. The molecule has 1 fully saturated rings. The van der Waals surface area contributed by atoms with Crippen LogP contribution >= 0.6 is 0 Å². The van der Waals surface area contributed by atoms with Crippen molar-refractivity contribution in [2.75, 3.05) is 38.2 Å². The molecule has 6 nitrogen and oxygen atoms in total. The minimum atomic E-state index is -2.92. The summed E-state index contributed by atoms with van der Waals surface area (Å²) in [6.07, 6.45) is 4.06. The molecule has 0 aromatic heterocycles. The Kier molecular flexibility index (Phi) is 8.57. The first-order valence-corrected chi connectivity index (χ1v) is 11.8. The van der Waals surface area contributed by atoms with Crippen molar-refractivity contribution in [3.05, 3.63) is 35.4 Å². The molecule has 1 aromatic carbocycles. The molecular formula is C20H33N3O3S. The molecular weight excluding hydrogens is 362 g/mol. The molecule has 7 heteroatoms. The normalized spacial score (nSPS) is 21.1. The van der Waals surface area contributed by atoms with Crippen molar-refractivity contribution in [1.82, 2.24) is 10.6 Å². The number of guanidine groups is 1. The molecule has 152 valence electrons. The van der Waals surface area contributed by atoms with E-state index in [1.807, 2.05) is 6.92 Å². The predicted molar refractivity (Wildman–Crippen MR) is 111 cm³/mol. The second kappa shape index (κ2) is 10.7. The summed E-state index contributed by atoms with van der Waals surface area (Å²) < 4.78 is 28.5. The highest BCUT2D eigenvalue weighted by atomic mass is 32.2. The highest BCUT2D eigenvalue weighted by Gasteiger charge is 2.27. The monoisotopic (exact) mass is 395 g/mol. The van der Waals surface area contributed by atoms with E-state index in [1.54, 1.807) is 0 Å². The molecule has 0 spiro atoms. The van der Waals surface area contributed by atoms with Crippen LogP contribution in [0.2, 0.25) is 0 Å². The maximum absolute atomic E-state index is 11.2. The maximum Gasteiger partial charge on any atom is 0.191 e. The molecule has 0 bridgehead atoms. The first-order chi connectivity index (χ1) is 12.9. The van der Waals surface area contributed by atoms with Crippen LogP contribution in [0.5, 0.6) is 0 Å². The minimum Gasteiger partial charge on any atom is -0.373 e. The minimum absolute atomic E-state index is 0.0798. The molecule has 0 aliphatic carbocycles. The van der Waals surface area contributed by atoms with Crippen LogP contribution in [-0.2, 0) is 14.6 Å². The molecule has 2 atom stereocenters. The topological polar surface area (TPSA) is 79.8 Å². The van der Waals surface area contributed by atoms with E-state index in [0.717, 1.165) is 32.0 Å². The fraction of sp³-hybridized carbons (Fsp3) is 0.650. The van der Waals surface area contributed by atoms with Crippen LogP contribution in [0.1, 0.15) is 43.4 Å². The van der Waals surface area contributed by atoms with Crippen molar-refractivity contribution < 1.29 is 13.2 Å². The summed E-state index contributed by atoms with van der Waals surface area (Å²) in [4.78, 5) is 4.73. The number of nitrogens with one attached hydrogen (secondary N) is 2. The van der Waals surface area contributed by atoms with Gasteiger partial charge in [0.25, 0.3) is 0 Å². The lowest BCUT2D eigenvalue weighted by atomic mass is 9.89. The Morgan fingerprint density at radius 3 is 2.67 bits per heavy atom. The van der Waals surface area contributed by atoms with Crippen molar-refractivity contribution in [3.63, 3.8) is 0 Å². The molecule has 1 aliphatic heterocycles. The molecule has 1 saturated heterocycles. The van der Waals surface area contributed by atoms with Crippen LogP contribution in [-0.4, -0.2) is 52.6 Å². The Hall–Kier alpha value is -1.60. The number of hydrogen-bond donors (Lipinski definition) is 2. The molecule has 1 aromatic rings. The number of aliphatic imine (C=N–C) groups is 1. The van der Waals surface area contributed by atoms with Crippen LogP contribution in [0.25, 0.3) is 0 Å². The predicted octanol–water partition coefficient (Wildman–Crippen LogP) is 2.45. The van der Waals surface area contributed by atoms with E-state index in [2.05, 4.69) is 41.8 Å². The summed E-state index contributed by atoms with van der Waals surface area (Å²) in [5.74, 6) is 1.26. The van der Waals surface area contributed by atoms with Crippen molar-refractivity contribution in [3.8, 4) is 0 Å². The van der Waals surface area contributed by atoms with Gasteiger partial charge >= 0.3 is 0 Å². The Labute approximate surface area is 163 Å². The molecule has 2 rings (SSSR count). The number of rotatable bonds is 8. The van der Waals surface area contributed by atoms with Gasteiger partial charge in [-0.25, -0.2) is 8.42 Å². The van der Waals surface area contributed by atoms with E-state index in [-0.39, 0.29) is 11.9 Å². The fourth-order valence-corrected chi connectivity index (χ4v) is 3.91. The summed E-state index contributed by atoms with van der Waals surface area (Å²) in [6, 6.07) is 8.55. The summed E-state index contributed by atoms with van der Waals surface area (Å²) in [5, 5.41) is 6.46. The molecule has 0 amide bonds. The molecule has 1 heterocycles. The third kappa shape index (κ3) is 7.89. The Morgan fingerprint density at radius 2 is 2.00 bits per heavy atom. The number of sulfone groups is 1. The molecule has 2 unspecified atom stereocenters. The van der Waals surface area contributed by atoms with Gasteiger partial charge < -0.3 is 15.4 Å². The third-order valence-corrected chi connectivity index (χ3v) is 5.69. The van der Waals surface area contributed by atoms with Gasteiger partial charge in [-0.15, -0.1) is 0 Å². The van der Waals surface area contributed by atoms with Gasteiger partial charge in [0.05, 0.1) is 11.9 Å². The van der Waals surface area contributed by atoms with Crippen LogP contribution in [0.4, 0.5) is 0 Å². The zero-order valence-corrected chi connectivity index (χ0v) is 17.5. The number of benzene rings is 1. The summed E-state index contributed by atoms with van der Waals surface area (Å²) in [6.45, 7) is 6.93. The summed E-state index contributed by atoms with van der Waals surface area (Å²) in [7, 11) is -2.92. The smallest absolute Gasteiger partial charge is 0.191 e. The zero-order chi connectivity index (χ0) is 19.7. The van der Waals surface area contributed by atoms with Gasteiger partial charge in [0.1, 0.15) is 9.84 Å². The zero-order valence-electron chi connectivity index (χ0n) is 16.7. The average molecular weight is 396 g/mol. The molecule has 1 aliphatic rings. The molecule has 0 saturated carbocycles. The summed E-state index contributed by atoms with van der Waals surface area (Å²) in [5.41, 5.74) is 2.46. The molecule has 0 radical (unpaired) electrons. The van der Waals surface area contributed by atoms with Crippen molar-refractivity contribution >= 4 is 15.8 Å². The van der Waals surface area contributed by atoms with Gasteiger partial charge in [0, 0.05) is 38.4 Å². The van der Waals surface area contributed by atoms with Crippen molar-refractivity contribution in [1.29, 1.82) is 0 Å². The molecule has 27 heavy (non-hydrogen) atoms. The standard InChI is InChI=1S/C20H33N3O3S/c1-4-21-20(22-12-6-14-27(3,24)25)23-15-18-7-5-13-26-19(18)17-10-8-16(2)9-11-17/h8-11,18-19H,4-7,12-15H2,1-3H3,(H2,21,22,23). The maximum atomic E-state index is 11.2. The van der Waals surface area contributed by atoms with Gasteiger partial charge in [0.15, 0.2) is 5.96 Å². The Morgan fingerprint density at radius 1 is 1.26 bits per heavy atom. The second-order valence-corrected chi connectivity index (χ2v) is 9.49. The highest BCUT2D eigenvalue weighted by molar-refractivity contribution is 7.90. The SMILES string of the molecule is CCNC(=NCC1CCCOC1c1ccc(C)cc1)NCCCS(C)(=O)=O. The van der Waals surface area contributed by atoms with E-state index >= 15 is 0 Å². The quantitative estimate of drug-likeness (QED) is 0.402. The van der Waals surface area contributed by atoms with Gasteiger partial charge in [-0.1, -0.05) is 29.8 Å². The van der Waals surface area contributed by atoms with Crippen molar-refractivity contribution in [2.45, 2.75) is 39.2 Å². The van der Waals surface area contributed by atoms with Crippen LogP contribution in [0.3, 0.4) is 0 Å². The van der Waals surface area contributed by atoms with Gasteiger partial charge in [-0.3, -0.25) is 4.99 Å². The average Bonchev–Trinajstić information content (AvgIpc) is 2.63. The largest absolute Gasteiger partial charge is 0.373 e. The Bertz CT molecular complexity index is 702. The first-order valence-electron chi connectivity index (χ1n) is 9.77. The highest BCUT2D eigenvalue weighted by Crippen LogP contribution is 2.33. The lowest BCUT2D eigenvalue weighted by Crippen LogP contribution is -2.39. The van der Waals surface area contributed by atoms with E-state index in [9.17, 15) is 8.42 Å². The van der Waals surface area contributed by atoms with E-state index in [0.29, 0.717) is 25.4 Å². The van der Waals surface area contributed by atoms with Gasteiger partial charge in [-0.2, -0.15) is 0 Å². The van der Waals surface area contributed by atoms with E-state index in [1.165, 1.54) is 17.4 Å². The lowest BCUT2D eigenvalue weighted by molar-refractivity contribution is -0.0250. The van der Waals surface area contributed by atoms with E-state index in [4.69, 9.17) is 9.73 Å². The Balaban J connectivity index is 1.95. The second-order valence-electron chi connectivity index (χ2n) is 7.23. The number of nitrogens with zero attached hydrogens (tertiary/aromatic N) is 1. The van der Waals surface area contributed by atoms with Gasteiger partial charge in [-0.05, 0) is 38.7 Å². The van der Waals surface area contributed by atoms with E-state index < -0.39 is 9.84 Å².